The van der Waals surface area contributed by atoms with Crippen molar-refractivity contribution in [1.82, 2.24) is 0 Å². The third-order valence-corrected chi connectivity index (χ3v) is 2.10. The van der Waals surface area contributed by atoms with Gasteiger partial charge in [0.2, 0.25) is 12.6 Å². The molecule has 0 saturated carbocycles. The highest BCUT2D eigenvalue weighted by Gasteiger charge is 2.19. The molecule has 0 aromatic carbocycles. The fraction of sp³-hybridized carbons (Fsp3) is 0.909. The number of hydrogen-bond donors (Lipinski definition) is 0. The minimum atomic E-state index is -0.846. The lowest BCUT2D eigenvalue weighted by Gasteiger charge is -2.19. The molecule has 0 aliphatic heterocycles. The van der Waals surface area contributed by atoms with Gasteiger partial charge < -0.3 is 28.4 Å². The van der Waals surface area contributed by atoms with E-state index in [1.54, 1.807) is 14.2 Å². The molecule has 2 unspecified atom stereocenters. The Kier molecular flexibility index (Phi) is 10.7. The molecule has 0 aliphatic rings. The quantitative estimate of drug-likeness (QED) is 0.434. The zero-order valence-electron chi connectivity index (χ0n) is 11.3. The highest BCUT2D eigenvalue weighted by Crippen LogP contribution is 2.06. The Morgan fingerprint density at radius 3 is 1.50 bits per heavy atom. The topological polar surface area (TPSA) is 72.5 Å². The lowest BCUT2D eigenvalue weighted by atomic mass is 10.4. The van der Waals surface area contributed by atoms with Crippen LogP contribution < -0.4 is 0 Å². The van der Waals surface area contributed by atoms with Crippen LogP contribution in [0.3, 0.4) is 0 Å². The van der Waals surface area contributed by atoms with Gasteiger partial charge in [0.15, 0.2) is 0 Å². The molecule has 18 heavy (non-hydrogen) atoms. The molecule has 0 heterocycles. The van der Waals surface area contributed by atoms with Crippen LogP contribution >= 0.6 is 0 Å². The molecule has 0 amide bonds. The van der Waals surface area contributed by atoms with Crippen LogP contribution in [0.4, 0.5) is 4.79 Å². The monoisotopic (exact) mass is 266 g/mol. The summed E-state index contributed by atoms with van der Waals surface area (Å²) in [4.78, 5) is 11.4. The first-order valence-electron chi connectivity index (χ1n) is 5.58. The lowest BCUT2D eigenvalue weighted by Crippen LogP contribution is -2.27. The number of carbonyl (C=O) groups excluding carboxylic acids is 1. The Hall–Kier alpha value is -0.890. The first kappa shape index (κ1) is 17.1. The summed E-state index contributed by atoms with van der Waals surface area (Å²) in [7, 11) is 5.98. The van der Waals surface area contributed by atoms with Gasteiger partial charge in [-0.2, -0.15) is 0 Å². The van der Waals surface area contributed by atoms with E-state index in [1.807, 2.05) is 0 Å². The fourth-order valence-corrected chi connectivity index (χ4v) is 1.12. The number of carbonyl (C=O) groups is 1. The largest absolute Gasteiger partial charge is 0.512 e. The highest BCUT2D eigenvalue weighted by molar-refractivity contribution is 5.60. The molecule has 7 nitrogen and oxygen atoms in total. The average Bonchev–Trinajstić information content (AvgIpc) is 2.39. The zero-order valence-corrected chi connectivity index (χ0v) is 11.3. The van der Waals surface area contributed by atoms with Gasteiger partial charge in [-0.15, -0.1) is 0 Å². The first-order chi connectivity index (χ1) is 8.67. The van der Waals surface area contributed by atoms with E-state index in [0.29, 0.717) is 26.1 Å². The van der Waals surface area contributed by atoms with Crippen LogP contribution in [0.15, 0.2) is 0 Å². The second-order valence-corrected chi connectivity index (χ2v) is 3.38. The number of methoxy groups -OCH3 is 4. The second-order valence-electron chi connectivity index (χ2n) is 3.38. The van der Waals surface area contributed by atoms with Gasteiger partial charge in [-0.1, -0.05) is 0 Å². The second kappa shape index (κ2) is 11.2. The van der Waals surface area contributed by atoms with E-state index >= 15 is 0 Å². The Morgan fingerprint density at radius 2 is 1.22 bits per heavy atom. The van der Waals surface area contributed by atoms with Gasteiger partial charge in [-0.05, 0) is 0 Å². The van der Waals surface area contributed by atoms with Crippen molar-refractivity contribution in [3.63, 3.8) is 0 Å². The van der Waals surface area contributed by atoms with Crippen molar-refractivity contribution < 1.29 is 33.2 Å². The van der Waals surface area contributed by atoms with Crippen molar-refractivity contribution in [3.8, 4) is 0 Å². The number of ether oxygens (including phenoxy) is 6. The number of rotatable bonds is 10. The summed E-state index contributed by atoms with van der Waals surface area (Å²) < 4.78 is 29.5. The maximum absolute atomic E-state index is 11.4. The third-order valence-electron chi connectivity index (χ3n) is 2.10. The van der Waals surface area contributed by atoms with Crippen molar-refractivity contribution >= 4 is 6.16 Å². The molecule has 0 aliphatic carbocycles. The van der Waals surface area contributed by atoms with Crippen LogP contribution in [0, 0.1) is 0 Å². The molecule has 0 bridgehead atoms. The van der Waals surface area contributed by atoms with Crippen LogP contribution in [0.2, 0.25) is 0 Å². The standard InChI is InChI=1S/C11H22O7/c1-13-7-5-9(15-3)17-11(12)18-10(16-4)6-8-14-2/h9-10H,5-8H2,1-4H3. The SMILES string of the molecule is COCCC(OC)OC(=O)OC(CCOC)OC. The molecule has 0 saturated heterocycles. The summed E-state index contributed by atoms with van der Waals surface area (Å²) in [6, 6.07) is 0. The van der Waals surface area contributed by atoms with Gasteiger partial charge in [0.25, 0.3) is 0 Å². The van der Waals surface area contributed by atoms with E-state index in [1.165, 1.54) is 14.2 Å². The molecule has 0 aromatic heterocycles. The molecule has 108 valence electrons. The van der Waals surface area contributed by atoms with Crippen molar-refractivity contribution in [2.75, 3.05) is 41.7 Å². The van der Waals surface area contributed by atoms with Crippen LogP contribution in [0.25, 0.3) is 0 Å². The van der Waals surface area contributed by atoms with Crippen molar-refractivity contribution in [2.45, 2.75) is 25.4 Å². The minimum absolute atomic E-state index is 0.420. The highest BCUT2D eigenvalue weighted by atomic mass is 16.8. The molecule has 7 heteroatoms. The van der Waals surface area contributed by atoms with Gasteiger partial charge in [-0.25, -0.2) is 4.79 Å². The van der Waals surface area contributed by atoms with E-state index in [9.17, 15) is 4.79 Å². The Bertz CT molecular complexity index is 190. The molecule has 2 atom stereocenters. The summed E-state index contributed by atoms with van der Waals surface area (Å²) in [6.07, 6.45) is -1.38. The van der Waals surface area contributed by atoms with Crippen LogP contribution in [-0.2, 0) is 28.4 Å². The maximum atomic E-state index is 11.4. The van der Waals surface area contributed by atoms with Crippen molar-refractivity contribution in [3.05, 3.63) is 0 Å². The van der Waals surface area contributed by atoms with Crippen LogP contribution in [0.1, 0.15) is 12.8 Å². The summed E-state index contributed by atoms with van der Waals surface area (Å²) in [5.41, 5.74) is 0. The van der Waals surface area contributed by atoms with Crippen LogP contribution in [0.5, 0.6) is 0 Å². The van der Waals surface area contributed by atoms with Gasteiger partial charge in [0.1, 0.15) is 0 Å². The number of hydrogen-bond acceptors (Lipinski definition) is 7. The molecular weight excluding hydrogens is 244 g/mol. The minimum Gasteiger partial charge on any atom is -0.404 e. The van der Waals surface area contributed by atoms with Gasteiger partial charge >= 0.3 is 6.16 Å². The summed E-state index contributed by atoms with van der Waals surface area (Å²) >= 11 is 0. The van der Waals surface area contributed by atoms with E-state index in [4.69, 9.17) is 28.4 Å². The Labute approximate surface area is 107 Å². The third kappa shape index (κ3) is 8.24. The van der Waals surface area contributed by atoms with Crippen molar-refractivity contribution in [2.24, 2.45) is 0 Å². The Balaban J connectivity index is 3.96. The predicted octanol–water partition coefficient (Wildman–Crippen LogP) is 1.16. The van der Waals surface area contributed by atoms with E-state index in [0.717, 1.165) is 0 Å². The van der Waals surface area contributed by atoms with Gasteiger partial charge in [0, 0.05) is 41.3 Å². The van der Waals surface area contributed by atoms with E-state index < -0.39 is 18.7 Å². The molecule has 0 fully saturated rings. The normalized spacial score (nSPS) is 14.0. The maximum Gasteiger partial charge on any atom is 0.512 e. The smallest absolute Gasteiger partial charge is 0.404 e. The molecular formula is C11H22O7. The summed E-state index contributed by atoms with van der Waals surface area (Å²) in [5.74, 6) is 0. The summed E-state index contributed by atoms with van der Waals surface area (Å²) in [6.45, 7) is 0.840. The lowest BCUT2D eigenvalue weighted by molar-refractivity contribution is -0.155. The molecule has 0 N–H and O–H groups in total. The average molecular weight is 266 g/mol. The van der Waals surface area contributed by atoms with Crippen molar-refractivity contribution in [1.29, 1.82) is 0 Å². The predicted molar refractivity (Wildman–Crippen MR) is 62.1 cm³/mol. The summed E-state index contributed by atoms with van der Waals surface area (Å²) in [5, 5.41) is 0. The van der Waals surface area contributed by atoms with Gasteiger partial charge in [0.05, 0.1) is 13.2 Å². The fourth-order valence-electron chi connectivity index (χ4n) is 1.12. The zero-order chi connectivity index (χ0) is 13.8. The van der Waals surface area contributed by atoms with Gasteiger partial charge in [-0.3, -0.25) is 0 Å². The van der Waals surface area contributed by atoms with Crippen LogP contribution in [-0.4, -0.2) is 60.4 Å². The molecule has 0 radical (unpaired) electrons. The Morgan fingerprint density at radius 1 is 0.833 bits per heavy atom. The molecule has 0 rings (SSSR count). The van der Waals surface area contributed by atoms with E-state index in [2.05, 4.69) is 0 Å². The molecule has 0 aromatic rings. The first-order valence-corrected chi connectivity index (χ1v) is 5.58. The molecule has 0 spiro atoms. The van der Waals surface area contributed by atoms with E-state index in [-0.39, 0.29) is 0 Å².